The van der Waals surface area contributed by atoms with Crippen LogP contribution >= 0.6 is 11.6 Å². The normalized spacial score (nSPS) is 13.5. The molecule has 0 aromatic heterocycles. The minimum absolute atomic E-state index is 0.00409. The summed E-state index contributed by atoms with van der Waals surface area (Å²) in [7, 11) is 0. The zero-order valence-corrected chi connectivity index (χ0v) is 8.79. The van der Waals surface area contributed by atoms with Gasteiger partial charge in [-0.25, -0.2) is 0 Å². The number of benzene rings is 1. The predicted octanol–water partition coefficient (Wildman–Crippen LogP) is 1.64. The Balaban J connectivity index is 2.32. The average Bonchev–Trinajstić information content (AvgIpc) is 2.71. The van der Waals surface area contributed by atoms with Gasteiger partial charge in [0.1, 0.15) is 5.88 Å². The molecule has 4 heteroatoms. The van der Waals surface area contributed by atoms with E-state index in [0.29, 0.717) is 18.7 Å². The maximum absolute atomic E-state index is 11.4. The fourth-order valence-electron chi connectivity index (χ4n) is 1.79. The lowest BCUT2D eigenvalue weighted by Crippen LogP contribution is -2.26. The molecular formula is C11H9ClN2O. The number of hydrogen-bond acceptors (Lipinski definition) is 2. The Labute approximate surface area is 92.9 Å². The molecule has 1 aromatic rings. The second kappa shape index (κ2) is 3.92. The number of halogens is 1. The van der Waals surface area contributed by atoms with Crippen molar-refractivity contribution in [2.24, 2.45) is 0 Å². The Morgan fingerprint density at radius 1 is 1.53 bits per heavy atom. The largest absolute Gasteiger partial charge is 0.333 e. The molecule has 3 nitrogen and oxygen atoms in total. The molecule has 0 aliphatic carbocycles. The number of carbonyl (C=O) groups is 1. The SMILES string of the molecule is N#Cc1cccc2c1CN(C(=O)CCl)C2. The molecule has 1 aromatic carbocycles. The highest BCUT2D eigenvalue weighted by molar-refractivity contribution is 6.27. The summed E-state index contributed by atoms with van der Waals surface area (Å²) in [6.45, 7) is 1.07. The molecule has 0 unspecified atom stereocenters. The van der Waals surface area contributed by atoms with Crippen LogP contribution in [0.4, 0.5) is 0 Å². The molecule has 15 heavy (non-hydrogen) atoms. The van der Waals surface area contributed by atoms with Gasteiger partial charge in [-0.15, -0.1) is 11.6 Å². The summed E-state index contributed by atoms with van der Waals surface area (Å²) in [4.78, 5) is 13.1. The van der Waals surface area contributed by atoms with Crippen molar-refractivity contribution in [2.45, 2.75) is 13.1 Å². The maximum atomic E-state index is 11.4. The summed E-state index contributed by atoms with van der Waals surface area (Å²) in [5, 5.41) is 8.90. The Kier molecular flexibility index (Phi) is 2.61. The van der Waals surface area contributed by atoms with Gasteiger partial charge in [0.15, 0.2) is 0 Å². The number of nitrogens with zero attached hydrogens (tertiary/aromatic N) is 2. The Morgan fingerprint density at radius 3 is 3.00 bits per heavy atom. The van der Waals surface area contributed by atoms with E-state index in [9.17, 15) is 4.79 Å². The van der Waals surface area contributed by atoms with Gasteiger partial charge in [-0.1, -0.05) is 12.1 Å². The van der Waals surface area contributed by atoms with E-state index in [2.05, 4.69) is 6.07 Å². The number of amides is 1. The van der Waals surface area contributed by atoms with Crippen LogP contribution in [0, 0.1) is 11.3 Å². The molecule has 76 valence electrons. The third-order valence-electron chi connectivity index (χ3n) is 2.57. The van der Waals surface area contributed by atoms with E-state index >= 15 is 0 Å². The highest BCUT2D eigenvalue weighted by Gasteiger charge is 2.24. The molecule has 0 saturated carbocycles. The molecule has 0 N–H and O–H groups in total. The number of nitriles is 1. The first kappa shape index (κ1) is 10.0. The second-order valence-corrected chi connectivity index (χ2v) is 3.71. The first-order valence-corrected chi connectivity index (χ1v) is 5.14. The van der Waals surface area contributed by atoms with E-state index in [1.807, 2.05) is 12.1 Å². The molecule has 1 amide bonds. The predicted molar refractivity (Wildman–Crippen MR) is 56.1 cm³/mol. The smallest absolute Gasteiger partial charge is 0.238 e. The number of carbonyl (C=O) groups excluding carboxylic acids is 1. The third kappa shape index (κ3) is 1.69. The van der Waals surface area contributed by atoms with Crippen LogP contribution in [0.25, 0.3) is 0 Å². The van der Waals surface area contributed by atoms with Gasteiger partial charge >= 0.3 is 0 Å². The van der Waals surface area contributed by atoms with Crippen LogP contribution in [-0.4, -0.2) is 16.7 Å². The Bertz CT molecular complexity index is 450. The molecule has 2 rings (SSSR count). The quantitative estimate of drug-likeness (QED) is 0.676. The van der Waals surface area contributed by atoms with E-state index in [-0.39, 0.29) is 11.8 Å². The molecule has 0 atom stereocenters. The highest BCUT2D eigenvalue weighted by atomic mass is 35.5. The van der Waals surface area contributed by atoms with Crippen LogP contribution in [0.15, 0.2) is 18.2 Å². The van der Waals surface area contributed by atoms with Crippen molar-refractivity contribution in [1.82, 2.24) is 4.90 Å². The van der Waals surface area contributed by atoms with Gasteiger partial charge < -0.3 is 4.90 Å². The van der Waals surface area contributed by atoms with Gasteiger partial charge in [-0.2, -0.15) is 5.26 Å². The van der Waals surface area contributed by atoms with E-state index in [1.54, 1.807) is 11.0 Å². The zero-order chi connectivity index (χ0) is 10.8. The minimum atomic E-state index is -0.0863. The van der Waals surface area contributed by atoms with Gasteiger partial charge in [-0.3, -0.25) is 4.79 Å². The summed E-state index contributed by atoms with van der Waals surface area (Å²) in [6, 6.07) is 7.69. The summed E-state index contributed by atoms with van der Waals surface area (Å²) < 4.78 is 0. The lowest BCUT2D eigenvalue weighted by atomic mass is 10.1. The van der Waals surface area contributed by atoms with Crippen LogP contribution < -0.4 is 0 Å². The standard InChI is InChI=1S/C11H9ClN2O/c12-4-11(15)14-6-9-3-1-2-8(5-13)10(9)7-14/h1-3H,4,6-7H2. The van der Waals surface area contributed by atoms with Gasteiger partial charge in [0.25, 0.3) is 0 Å². The Morgan fingerprint density at radius 2 is 2.33 bits per heavy atom. The number of fused-ring (bicyclic) bond motifs is 1. The molecule has 0 bridgehead atoms. The van der Waals surface area contributed by atoms with Crippen molar-refractivity contribution in [1.29, 1.82) is 5.26 Å². The van der Waals surface area contributed by atoms with Gasteiger partial charge in [0.05, 0.1) is 11.6 Å². The van der Waals surface area contributed by atoms with Crippen LogP contribution in [-0.2, 0) is 17.9 Å². The third-order valence-corrected chi connectivity index (χ3v) is 2.80. The summed E-state index contributed by atoms with van der Waals surface area (Å²) in [5.74, 6) is -0.0904. The summed E-state index contributed by atoms with van der Waals surface area (Å²) in [5.41, 5.74) is 2.66. The van der Waals surface area contributed by atoms with Gasteiger partial charge in [0.2, 0.25) is 5.91 Å². The van der Waals surface area contributed by atoms with Crippen molar-refractivity contribution in [3.05, 3.63) is 34.9 Å². The van der Waals surface area contributed by atoms with Crippen molar-refractivity contribution in [3.8, 4) is 6.07 Å². The van der Waals surface area contributed by atoms with Crippen LogP contribution in [0.3, 0.4) is 0 Å². The van der Waals surface area contributed by atoms with Gasteiger partial charge in [-0.05, 0) is 17.2 Å². The molecule has 0 fully saturated rings. The number of hydrogen-bond donors (Lipinski definition) is 0. The molecule has 0 spiro atoms. The highest BCUT2D eigenvalue weighted by Crippen LogP contribution is 2.25. The molecule has 1 aliphatic rings. The summed E-state index contributed by atoms with van der Waals surface area (Å²) >= 11 is 5.49. The van der Waals surface area contributed by atoms with Crippen LogP contribution in [0.5, 0.6) is 0 Å². The fraction of sp³-hybridized carbons (Fsp3) is 0.273. The maximum Gasteiger partial charge on any atom is 0.238 e. The zero-order valence-electron chi connectivity index (χ0n) is 8.03. The lowest BCUT2D eigenvalue weighted by molar-refractivity contribution is -0.129. The van der Waals surface area contributed by atoms with Crippen molar-refractivity contribution >= 4 is 17.5 Å². The van der Waals surface area contributed by atoms with Gasteiger partial charge in [0, 0.05) is 13.1 Å². The van der Waals surface area contributed by atoms with Crippen LogP contribution in [0.1, 0.15) is 16.7 Å². The van der Waals surface area contributed by atoms with E-state index < -0.39 is 0 Å². The second-order valence-electron chi connectivity index (χ2n) is 3.44. The first-order valence-electron chi connectivity index (χ1n) is 4.61. The van der Waals surface area contributed by atoms with Crippen LogP contribution in [0.2, 0.25) is 0 Å². The van der Waals surface area contributed by atoms with E-state index in [4.69, 9.17) is 16.9 Å². The molecule has 0 saturated heterocycles. The number of rotatable bonds is 1. The topological polar surface area (TPSA) is 44.1 Å². The minimum Gasteiger partial charge on any atom is -0.333 e. The Hall–Kier alpha value is -1.53. The first-order chi connectivity index (χ1) is 7.26. The van der Waals surface area contributed by atoms with E-state index in [1.165, 1.54) is 0 Å². The molecular weight excluding hydrogens is 212 g/mol. The molecule has 1 aliphatic heterocycles. The monoisotopic (exact) mass is 220 g/mol. The lowest BCUT2D eigenvalue weighted by Gasteiger charge is -2.12. The molecule has 0 radical (unpaired) electrons. The fourth-order valence-corrected chi connectivity index (χ4v) is 1.96. The molecule has 1 heterocycles. The summed E-state index contributed by atoms with van der Waals surface area (Å²) in [6.07, 6.45) is 0. The van der Waals surface area contributed by atoms with E-state index in [0.717, 1.165) is 11.1 Å². The van der Waals surface area contributed by atoms with Crippen molar-refractivity contribution in [2.75, 3.05) is 5.88 Å². The number of alkyl halides is 1. The average molecular weight is 221 g/mol. The van der Waals surface area contributed by atoms with Crippen molar-refractivity contribution in [3.63, 3.8) is 0 Å². The van der Waals surface area contributed by atoms with Crippen molar-refractivity contribution < 1.29 is 4.79 Å².